The number of ketones is 1. The molecule has 1 aromatic heterocycles. The maximum atomic E-state index is 13.3. The lowest BCUT2D eigenvalue weighted by atomic mass is 10.0. The summed E-state index contributed by atoms with van der Waals surface area (Å²) in [5, 5.41) is 7.28. The van der Waals surface area contributed by atoms with Crippen molar-refractivity contribution in [1.82, 2.24) is 4.98 Å². The average molecular weight is 459 g/mol. The number of halogens is 5. The van der Waals surface area contributed by atoms with Crippen LogP contribution in [0.3, 0.4) is 0 Å². The van der Waals surface area contributed by atoms with E-state index in [1.165, 1.54) is 37.4 Å². The van der Waals surface area contributed by atoms with Crippen LogP contribution in [0.25, 0.3) is 0 Å². The zero-order chi connectivity index (χ0) is 22.2. The molecule has 0 aliphatic carbocycles. The monoisotopic (exact) mass is 458 g/mol. The van der Waals surface area contributed by atoms with Crippen LogP contribution in [0.1, 0.15) is 29.3 Å². The van der Waals surface area contributed by atoms with E-state index in [0.717, 1.165) is 5.01 Å². The van der Waals surface area contributed by atoms with Crippen molar-refractivity contribution < 1.29 is 22.8 Å². The van der Waals surface area contributed by atoms with E-state index < -0.39 is 30.3 Å². The van der Waals surface area contributed by atoms with Crippen molar-refractivity contribution in [2.75, 3.05) is 10.3 Å². The van der Waals surface area contributed by atoms with Gasteiger partial charge < -0.3 is 5.32 Å². The Bertz CT molecular complexity index is 1060. The smallest absolute Gasteiger partial charge is 0.323 e. The van der Waals surface area contributed by atoms with Gasteiger partial charge in [0, 0.05) is 23.2 Å². The Morgan fingerprint density at radius 2 is 1.97 bits per heavy atom. The first-order chi connectivity index (χ1) is 14.0. The number of nitrogens with one attached hydrogen (secondary N) is 1. The minimum absolute atomic E-state index is 0.0366. The molecule has 158 valence electrons. The molecule has 6 nitrogen and oxygen atoms in total. The predicted octanol–water partition coefficient (Wildman–Crippen LogP) is 5.04. The Hall–Kier alpha value is -2.65. The van der Waals surface area contributed by atoms with Gasteiger partial charge in [-0.3, -0.25) is 9.59 Å². The molecule has 30 heavy (non-hydrogen) atoms. The maximum Gasteiger partial charge on any atom is 0.431 e. The number of aryl methyl sites for hydroxylation is 1. The molecular weight excluding hydrogens is 444 g/mol. The normalized spacial score (nSPS) is 16.4. The number of hydrazone groups is 1. The van der Waals surface area contributed by atoms with Crippen LogP contribution in [-0.4, -0.2) is 34.6 Å². The fraction of sp³-hybridized carbons (Fsp3) is 0.263. The molecule has 1 atom stereocenters. The van der Waals surface area contributed by atoms with Gasteiger partial charge in [0.15, 0.2) is 11.6 Å². The summed E-state index contributed by atoms with van der Waals surface area (Å²) in [6.07, 6.45) is -4.10. The van der Waals surface area contributed by atoms with Crippen molar-refractivity contribution in [3.05, 3.63) is 51.6 Å². The number of amides is 1. The van der Waals surface area contributed by atoms with Gasteiger partial charge >= 0.3 is 6.18 Å². The second-order valence-electron chi connectivity index (χ2n) is 6.61. The highest BCUT2D eigenvalue weighted by atomic mass is 35.5. The highest BCUT2D eigenvalue weighted by Gasteiger charge is 2.46. The molecule has 1 aromatic carbocycles. The SMILES string of the molecule is CC(=O)c1cc(Cl)cc(C)c1NC(=O)C1CC(C(F)(F)F)=NN1c1ncccc1Cl. The summed E-state index contributed by atoms with van der Waals surface area (Å²) in [6, 6.07) is 4.47. The number of aromatic nitrogens is 1. The van der Waals surface area contributed by atoms with Crippen molar-refractivity contribution in [3.63, 3.8) is 0 Å². The molecule has 1 N–H and O–H groups in total. The van der Waals surface area contributed by atoms with Gasteiger partial charge in [-0.05, 0) is 43.7 Å². The third-order valence-corrected chi connectivity index (χ3v) is 4.94. The zero-order valence-electron chi connectivity index (χ0n) is 15.7. The Labute approximate surface area is 179 Å². The molecule has 1 aliphatic heterocycles. The van der Waals surface area contributed by atoms with Crippen molar-refractivity contribution in [1.29, 1.82) is 0 Å². The summed E-state index contributed by atoms with van der Waals surface area (Å²) < 4.78 is 39.9. The van der Waals surface area contributed by atoms with Crippen molar-refractivity contribution >= 4 is 52.1 Å². The third-order valence-electron chi connectivity index (χ3n) is 4.42. The van der Waals surface area contributed by atoms with E-state index in [0.29, 0.717) is 10.6 Å². The number of carbonyl (C=O) groups excluding carboxylic acids is 2. The van der Waals surface area contributed by atoms with E-state index in [1.807, 2.05) is 0 Å². The van der Waals surface area contributed by atoms with Crippen LogP contribution >= 0.6 is 23.2 Å². The molecule has 1 unspecified atom stereocenters. The number of carbonyl (C=O) groups is 2. The molecule has 2 heterocycles. The van der Waals surface area contributed by atoms with Crippen molar-refractivity contribution in [2.24, 2.45) is 5.10 Å². The highest BCUT2D eigenvalue weighted by Crippen LogP contribution is 2.34. The molecule has 1 amide bonds. The summed E-state index contributed by atoms with van der Waals surface area (Å²) in [6.45, 7) is 2.91. The van der Waals surface area contributed by atoms with Crippen LogP contribution in [0.15, 0.2) is 35.6 Å². The van der Waals surface area contributed by atoms with Crippen LogP contribution < -0.4 is 10.3 Å². The number of benzene rings is 1. The van der Waals surface area contributed by atoms with Crippen molar-refractivity contribution in [2.45, 2.75) is 32.5 Å². The standard InChI is InChI=1S/C19H15Cl2F3N4O2/c1-9-6-11(20)7-12(10(2)29)16(9)26-18(30)14-8-15(19(22,23)24)27-28(14)17-13(21)4-3-5-25-17/h3-7,14H,8H2,1-2H3,(H,26,30). The van der Waals surface area contributed by atoms with Crippen LogP contribution in [0, 0.1) is 6.92 Å². The summed E-state index contributed by atoms with van der Waals surface area (Å²) in [4.78, 5) is 28.9. The second kappa shape index (κ2) is 8.23. The lowest BCUT2D eigenvalue weighted by Crippen LogP contribution is -2.40. The molecule has 0 radical (unpaired) electrons. The quantitative estimate of drug-likeness (QED) is 0.651. The van der Waals surface area contributed by atoms with Gasteiger partial charge in [0.25, 0.3) is 0 Å². The molecule has 0 bridgehead atoms. The van der Waals surface area contributed by atoms with Crippen LogP contribution in [0.5, 0.6) is 0 Å². The lowest BCUT2D eigenvalue weighted by Gasteiger charge is -2.23. The molecule has 0 saturated heterocycles. The zero-order valence-corrected chi connectivity index (χ0v) is 17.2. The molecule has 3 rings (SSSR count). The van der Waals surface area contributed by atoms with Gasteiger partial charge in [0.1, 0.15) is 11.8 Å². The molecule has 2 aromatic rings. The Morgan fingerprint density at radius 1 is 1.27 bits per heavy atom. The molecule has 0 fully saturated rings. The number of alkyl halides is 3. The maximum absolute atomic E-state index is 13.3. The first-order valence-electron chi connectivity index (χ1n) is 8.65. The third kappa shape index (κ3) is 4.41. The Morgan fingerprint density at radius 3 is 2.57 bits per heavy atom. The largest absolute Gasteiger partial charge is 0.431 e. The number of anilines is 2. The molecule has 0 saturated carbocycles. The fourth-order valence-corrected chi connectivity index (χ4v) is 3.50. The number of nitrogens with zero attached hydrogens (tertiary/aromatic N) is 3. The van der Waals surface area contributed by atoms with E-state index in [9.17, 15) is 22.8 Å². The lowest BCUT2D eigenvalue weighted by molar-refractivity contribution is -0.117. The van der Waals surface area contributed by atoms with Crippen LogP contribution in [0.2, 0.25) is 10.0 Å². The number of pyridine rings is 1. The fourth-order valence-electron chi connectivity index (χ4n) is 3.02. The van der Waals surface area contributed by atoms with Gasteiger partial charge in [0.2, 0.25) is 5.91 Å². The van der Waals surface area contributed by atoms with Gasteiger partial charge in [0.05, 0.1) is 10.7 Å². The van der Waals surface area contributed by atoms with E-state index in [1.54, 1.807) is 6.92 Å². The molecule has 1 aliphatic rings. The van der Waals surface area contributed by atoms with Crippen molar-refractivity contribution in [3.8, 4) is 0 Å². The molecular formula is C19H15Cl2F3N4O2. The highest BCUT2D eigenvalue weighted by molar-refractivity contribution is 6.33. The van der Waals surface area contributed by atoms with Crippen LogP contribution in [-0.2, 0) is 4.79 Å². The summed E-state index contributed by atoms with van der Waals surface area (Å²) in [5.74, 6) is -1.25. The van der Waals surface area contributed by atoms with E-state index in [2.05, 4.69) is 15.4 Å². The summed E-state index contributed by atoms with van der Waals surface area (Å²) >= 11 is 12.0. The minimum Gasteiger partial charge on any atom is -0.323 e. The van der Waals surface area contributed by atoms with Gasteiger partial charge in [-0.25, -0.2) is 9.99 Å². The van der Waals surface area contributed by atoms with E-state index in [-0.39, 0.29) is 27.9 Å². The average Bonchev–Trinajstić information content (AvgIpc) is 3.09. The molecule has 0 spiro atoms. The predicted molar refractivity (Wildman–Crippen MR) is 108 cm³/mol. The Balaban J connectivity index is 1.99. The number of hydrogen-bond donors (Lipinski definition) is 1. The minimum atomic E-state index is -4.73. The first kappa shape index (κ1) is 22.0. The van der Waals surface area contributed by atoms with Gasteiger partial charge in [-0.15, -0.1) is 0 Å². The summed E-state index contributed by atoms with van der Waals surface area (Å²) in [5.41, 5.74) is -0.336. The number of Topliss-reactive ketones (excluding diaryl/α,β-unsaturated/α-hetero) is 1. The second-order valence-corrected chi connectivity index (χ2v) is 7.45. The van der Waals surface area contributed by atoms with Crippen LogP contribution in [0.4, 0.5) is 24.7 Å². The first-order valence-corrected chi connectivity index (χ1v) is 9.41. The van der Waals surface area contributed by atoms with Gasteiger partial charge in [-0.1, -0.05) is 23.2 Å². The topological polar surface area (TPSA) is 74.7 Å². The summed E-state index contributed by atoms with van der Waals surface area (Å²) in [7, 11) is 0. The Kier molecular flexibility index (Phi) is 6.05. The number of hydrogen-bond acceptors (Lipinski definition) is 5. The van der Waals surface area contributed by atoms with Gasteiger partial charge in [-0.2, -0.15) is 18.3 Å². The van der Waals surface area contributed by atoms with E-state index in [4.69, 9.17) is 23.2 Å². The number of rotatable bonds is 4. The molecule has 11 heteroatoms. The van der Waals surface area contributed by atoms with E-state index >= 15 is 0 Å².